The fraction of sp³-hybridized carbons (Fsp3) is 0.412. The smallest absolute Gasteiger partial charge is 0.124 e. The van der Waals surface area contributed by atoms with Crippen LogP contribution >= 0.6 is 0 Å². The van der Waals surface area contributed by atoms with Gasteiger partial charge in [-0.2, -0.15) is 10.4 Å². The molecule has 0 aliphatic carbocycles. The number of aromatic nitrogens is 2. The van der Waals surface area contributed by atoms with E-state index < -0.39 is 0 Å². The van der Waals surface area contributed by atoms with Gasteiger partial charge in [-0.1, -0.05) is 6.07 Å². The van der Waals surface area contributed by atoms with Crippen molar-refractivity contribution in [3.8, 4) is 6.07 Å². The van der Waals surface area contributed by atoms with Gasteiger partial charge in [0.25, 0.3) is 0 Å². The average Bonchev–Trinajstić information content (AvgIpc) is 2.94. The molecule has 5 nitrogen and oxygen atoms in total. The average molecular weight is 314 g/mol. The van der Waals surface area contributed by atoms with Gasteiger partial charge in [0, 0.05) is 25.8 Å². The molecule has 2 heterocycles. The molecule has 0 amide bonds. The summed E-state index contributed by atoms with van der Waals surface area (Å²) in [6.45, 7) is 5.56. The second-order valence-corrected chi connectivity index (χ2v) is 5.88. The van der Waals surface area contributed by atoms with E-state index in [4.69, 9.17) is 10.00 Å². The van der Waals surface area contributed by atoms with Crippen LogP contribution in [0.15, 0.2) is 30.6 Å². The van der Waals surface area contributed by atoms with Crippen LogP contribution in [0.3, 0.4) is 0 Å². The number of aryl methyl sites for hydroxylation is 1. The minimum atomic E-state index is -0.376. The normalized spacial score (nSPS) is 18.7. The Morgan fingerprint density at radius 1 is 1.48 bits per heavy atom. The van der Waals surface area contributed by atoms with E-state index in [0.29, 0.717) is 25.3 Å². The standard InChI is InChI=1S/C17H19FN4O/c1-13-8-20-22(9-13)12-17-11-21(4-5-23-17)10-14-2-3-16(18)6-15(14)7-19/h2-3,6,8-9,17H,4-5,10-12H2,1H3/t17-/m1/s1. The Morgan fingerprint density at radius 3 is 3.09 bits per heavy atom. The minimum Gasteiger partial charge on any atom is -0.374 e. The van der Waals surface area contributed by atoms with Crippen molar-refractivity contribution in [1.29, 1.82) is 5.26 Å². The number of hydrogen-bond donors (Lipinski definition) is 0. The highest BCUT2D eigenvalue weighted by Gasteiger charge is 2.22. The first kappa shape index (κ1) is 15.7. The predicted octanol–water partition coefficient (Wildman–Crippen LogP) is 2.10. The summed E-state index contributed by atoms with van der Waals surface area (Å²) in [5, 5.41) is 13.4. The Kier molecular flexibility index (Phi) is 4.70. The number of hydrogen-bond acceptors (Lipinski definition) is 4. The Balaban J connectivity index is 1.64. The molecule has 0 radical (unpaired) electrons. The van der Waals surface area contributed by atoms with Crippen LogP contribution in [0.5, 0.6) is 0 Å². The molecule has 0 unspecified atom stereocenters. The van der Waals surface area contributed by atoms with Gasteiger partial charge in [-0.3, -0.25) is 9.58 Å². The summed E-state index contributed by atoms with van der Waals surface area (Å²) < 4.78 is 20.9. The van der Waals surface area contributed by atoms with Gasteiger partial charge in [-0.15, -0.1) is 0 Å². The number of nitriles is 1. The lowest BCUT2D eigenvalue weighted by molar-refractivity contribution is -0.0402. The number of ether oxygens (including phenoxy) is 1. The molecule has 2 aromatic rings. The van der Waals surface area contributed by atoms with E-state index in [9.17, 15) is 4.39 Å². The maximum atomic E-state index is 13.2. The highest BCUT2D eigenvalue weighted by atomic mass is 19.1. The molecule has 1 aliphatic rings. The van der Waals surface area contributed by atoms with Crippen LogP contribution in [0, 0.1) is 24.1 Å². The molecule has 1 aromatic heterocycles. The van der Waals surface area contributed by atoms with E-state index in [-0.39, 0.29) is 11.9 Å². The fourth-order valence-electron chi connectivity index (χ4n) is 2.84. The molecular formula is C17H19FN4O. The molecule has 6 heteroatoms. The number of benzene rings is 1. The van der Waals surface area contributed by atoms with E-state index in [1.54, 1.807) is 6.07 Å². The molecule has 1 aliphatic heterocycles. The summed E-state index contributed by atoms with van der Waals surface area (Å²) in [6.07, 6.45) is 3.89. The summed E-state index contributed by atoms with van der Waals surface area (Å²) in [4.78, 5) is 2.23. The first-order chi connectivity index (χ1) is 11.1. The third kappa shape index (κ3) is 3.95. The van der Waals surface area contributed by atoms with Gasteiger partial charge in [0.15, 0.2) is 0 Å². The largest absolute Gasteiger partial charge is 0.374 e. The highest BCUT2D eigenvalue weighted by Crippen LogP contribution is 2.16. The van der Waals surface area contributed by atoms with Gasteiger partial charge < -0.3 is 4.74 Å². The molecule has 3 rings (SSSR count). The number of morpholine rings is 1. The second kappa shape index (κ2) is 6.90. The molecule has 0 bridgehead atoms. The summed E-state index contributed by atoms with van der Waals surface area (Å²) >= 11 is 0. The molecule has 0 spiro atoms. The Morgan fingerprint density at radius 2 is 2.35 bits per heavy atom. The highest BCUT2D eigenvalue weighted by molar-refractivity contribution is 5.37. The molecule has 120 valence electrons. The van der Waals surface area contributed by atoms with Crippen molar-refractivity contribution >= 4 is 0 Å². The van der Waals surface area contributed by atoms with Crippen LogP contribution < -0.4 is 0 Å². The van der Waals surface area contributed by atoms with Gasteiger partial charge in [0.1, 0.15) is 5.82 Å². The number of halogens is 1. The van der Waals surface area contributed by atoms with Crippen molar-refractivity contribution in [3.05, 3.63) is 53.1 Å². The topological polar surface area (TPSA) is 54.1 Å². The number of rotatable bonds is 4. The first-order valence-electron chi connectivity index (χ1n) is 7.65. The van der Waals surface area contributed by atoms with E-state index in [1.807, 2.05) is 24.0 Å². The fourth-order valence-corrected chi connectivity index (χ4v) is 2.84. The van der Waals surface area contributed by atoms with Gasteiger partial charge in [0.05, 0.1) is 37.1 Å². The van der Waals surface area contributed by atoms with E-state index in [2.05, 4.69) is 16.1 Å². The molecule has 1 fully saturated rings. The van der Waals surface area contributed by atoms with Crippen molar-refractivity contribution in [2.45, 2.75) is 26.1 Å². The molecule has 0 saturated carbocycles. The zero-order valence-corrected chi connectivity index (χ0v) is 13.1. The summed E-state index contributed by atoms with van der Waals surface area (Å²) in [5.41, 5.74) is 2.38. The van der Waals surface area contributed by atoms with E-state index in [1.165, 1.54) is 12.1 Å². The SMILES string of the molecule is Cc1cnn(C[C@H]2CN(Cc3ccc(F)cc3C#N)CCO2)c1. The van der Waals surface area contributed by atoms with Crippen LogP contribution in [0.2, 0.25) is 0 Å². The van der Waals surface area contributed by atoms with Crippen molar-refractivity contribution < 1.29 is 9.13 Å². The predicted molar refractivity (Wildman–Crippen MR) is 83.1 cm³/mol. The van der Waals surface area contributed by atoms with Crippen LogP contribution in [-0.2, 0) is 17.8 Å². The molecule has 1 aromatic carbocycles. The zero-order chi connectivity index (χ0) is 16.2. The Labute approximate surface area is 134 Å². The third-order valence-corrected chi connectivity index (χ3v) is 3.96. The van der Waals surface area contributed by atoms with Gasteiger partial charge in [-0.25, -0.2) is 4.39 Å². The molecule has 0 N–H and O–H groups in total. The first-order valence-corrected chi connectivity index (χ1v) is 7.65. The monoisotopic (exact) mass is 314 g/mol. The summed E-state index contributed by atoms with van der Waals surface area (Å²) in [7, 11) is 0. The molecule has 1 saturated heterocycles. The van der Waals surface area contributed by atoms with Crippen molar-refractivity contribution in [2.24, 2.45) is 0 Å². The van der Waals surface area contributed by atoms with Crippen molar-refractivity contribution in [2.75, 3.05) is 19.7 Å². The zero-order valence-electron chi connectivity index (χ0n) is 13.1. The molecular weight excluding hydrogens is 295 g/mol. The molecule has 1 atom stereocenters. The lowest BCUT2D eigenvalue weighted by atomic mass is 10.1. The summed E-state index contributed by atoms with van der Waals surface area (Å²) in [5.74, 6) is -0.376. The van der Waals surface area contributed by atoms with Gasteiger partial charge in [-0.05, 0) is 30.2 Å². The van der Waals surface area contributed by atoms with Crippen LogP contribution in [-0.4, -0.2) is 40.5 Å². The van der Waals surface area contributed by atoms with Crippen LogP contribution in [0.4, 0.5) is 4.39 Å². The maximum Gasteiger partial charge on any atom is 0.124 e. The Hall–Kier alpha value is -2.23. The van der Waals surface area contributed by atoms with Crippen molar-refractivity contribution in [1.82, 2.24) is 14.7 Å². The maximum absolute atomic E-state index is 13.2. The minimum absolute atomic E-state index is 0.0639. The number of nitrogens with zero attached hydrogens (tertiary/aromatic N) is 4. The quantitative estimate of drug-likeness (QED) is 0.867. The van der Waals surface area contributed by atoms with E-state index in [0.717, 1.165) is 24.2 Å². The lowest BCUT2D eigenvalue weighted by Gasteiger charge is -2.33. The van der Waals surface area contributed by atoms with Gasteiger partial charge >= 0.3 is 0 Å². The molecule has 23 heavy (non-hydrogen) atoms. The van der Waals surface area contributed by atoms with Crippen molar-refractivity contribution in [3.63, 3.8) is 0 Å². The van der Waals surface area contributed by atoms with Crippen LogP contribution in [0.25, 0.3) is 0 Å². The van der Waals surface area contributed by atoms with Gasteiger partial charge in [0.2, 0.25) is 0 Å². The van der Waals surface area contributed by atoms with Crippen LogP contribution in [0.1, 0.15) is 16.7 Å². The van der Waals surface area contributed by atoms with E-state index >= 15 is 0 Å². The summed E-state index contributed by atoms with van der Waals surface area (Å²) in [6, 6.07) is 6.45. The second-order valence-electron chi connectivity index (χ2n) is 5.88. The lowest BCUT2D eigenvalue weighted by Crippen LogP contribution is -2.43. The Bertz CT molecular complexity index is 722. The third-order valence-electron chi connectivity index (χ3n) is 3.96.